The van der Waals surface area contributed by atoms with Crippen molar-refractivity contribution < 1.29 is 9.15 Å². The lowest BCUT2D eigenvalue weighted by atomic mass is 9.47. The highest BCUT2D eigenvalue weighted by Crippen LogP contribution is 2.56. The molecular formula is C44H68BN2+. The standard InChI is InChI=1S/C44H68BN2/c1-30(2)34-21-18-20-33(7)37(34)46-39(43(28-41(46,8)9)24-14-12-15-25-43)45-40-44(26-16-13-17-27-44)29-42(10,11)47(40)38-35(31(3)4)22-19-23-36(38)32(5)6/h18-23,30-32H,12-17,24-29,45H2,1-11H3/q+1. The van der Waals surface area contributed by atoms with Crippen LogP contribution in [0, 0.1) is 17.8 Å². The van der Waals surface area contributed by atoms with Crippen LogP contribution in [0.5, 0.6) is 0 Å². The van der Waals surface area contributed by atoms with Crippen LogP contribution in [0.25, 0.3) is 0 Å². The molecule has 2 aromatic rings. The third-order valence-electron chi connectivity index (χ3n) is 13.7. The van der Waals surface area contributed by atoms with Crippen LogP contribution in [0.2, 0.25) is 0 Å². The van der Waals surface area contributed by atoms with Crippen LogP contribution in [-0.2, 0) is 0 Å². The number of nitrogens with zero attached hydrogens (tertiary/aromatic N) is 2. The summed E-state index contributed by atoms with van der Waals surface area (Å²) in [6.45, 7) is 27.4. The van der Waals surface area contributed by atoms with Gasteiger partial charge in [0, 0.05) is 73.6 Å². The molecule has 2 nitrogen and oxygen atoms in total. The molecule has 6 rings (SSSR count). The Morgan fingerprint density at radius 2 is 0.894 bits per heavy atom. The maximum Gasteiger partial charge on any atom is 0.209 e. The number of benzene rings is 2. The van der Waals surface area contributed by atoms with Gasteiger partial charge in [0.2, 0.25) is 11.4 Å². The second-order valence-corrected chi connectivity index (χ2v) is 19.0. The Bertz CT molecular complexity index is 1530. The van der Waals surface area contributed by atoms with E-state index in [1.54, 1.807) is 28.1 Å². The average molecular weight is 636 g/mol. The van der Waals surface area contributed by atoms with E-state index in [9.17, 15) is 0 Å². The third kappa shape index (κ3) is 5.92. The van der Waals surface area contributed by atoms with E-state index in [1.807, 2.05) is 11.2 Å². The lowest BCUT2D eigenvalue weighted by Gasteiger charge is -2.38. The van der Waals surface area contributed by atoms with Gasteiger partial charge in [0.25, 0.3) is 0 Å². The van der Waals surface area contributed by atoms with E-state index in [0.29, 0.717) is 28.6 Å². The number of para-hydroxylation sites is 2. The summed E-state index contributed by atoms with van der Waals surface area (Å²) in [4.78, 5) is 0. The molecule has 3 heteroatoms. The summed E-state index contributed by atoms with van der Waals surface area (Å²) in [5.41, 5.74) is 14.0. The molecular weight excluding hydrogens is 567 g/mol. The summed E-state index contributed by atoms with van der Waals surface area (Å²) >= 11 is 0. The monoisotopic (exact) mass is 636 g/mol. The van der Waals surface area contributed by atoms with Crippen molar-refractivity contribution in [2.24, 2.45) is 10.8 Å². The normalized spacial score (nSPS) is 23.4. The molecule has 2 spiro atoms. The summed E-state index contributed by atoms with van der Waals surface area (Å²) in [6, 6.07) is 14.4. The first-order valence-electron chi connectivity index (χ1n) is 20.0. The van der Waals surface area contributed by atoms with Crippen molar-refractivity contribution in [2.45, 2.75) is 182 Å². The molecule has 0 unspecified atom stereocenters. The van der Waals surface area contributed by atoms with Crippen LogP contribution >= 0.6 is 0 Å². The highest BCUT2D eigenvalue weighted by Gasteiger charge is 2.59. The maximum atomic E-state index is 3.05. The van der Waals surface area contributed by atoms with Crippen LogP contribution in [0.15, 0.2) is 36.4 Å². The molecule has 0 bridgehead atoms. The van der Waals surface area contributed by atoms with Crippen molar-refractivity contribution in [3.05, 3.63) is 58.7 Å². The molecule has 2 aliphatic heterocycles. The van der Waals surface area contributed by atoms with Crippen molar-refractivity contribution in [3.8, 4) is 0 Å². The van der Waals surface area contributed by atoms with E-state index >= 15 is 0 Å². The average Bonchev–Trinajstić information content (AvgIpc) is 3.34. The fourth-order valence-corrected chi connectivity index (χ4v) is 12.1. The maximum absolute atomic E-state index is 3.05. The predicted molar refractivity (Wildman–Crippen MR) is 207 cm³/mol. The van der Waals surface area contributed by atoms with E-state index < -0.39 is 7.28 Å². The summed E-state index contributed by atoms with van der Waals surface area (Å²) in [5.74, 6) is 1.52. The molecule has 0 N–H and O–H groups in total. The highest BCUT2D eigenvalue weighted by atomic mass is 15.2. The molecule has 47 heavy (non-hydrogen) atoms. The van der Waals surface area contributed by atoms with Crippen molar-refractivity contribution >= 4 is 29.9 Å². The van der Waals surface area contributed by atoms with Crippen molar-refractivity contribution in [3.63, 3.8) is 0 Å². The Morgan fingerprint density at radius 1 is 0.532 bits per heavy atom. The lowest BCUT2D eigenvalue weighted by molar-refractivity contribution is -0.516. The molecule has 0 radical (unpaired) electrons. The van der Waals surface area contributed by atoms with Gasteiger partial charge in [-0.1, -0.05) is 116 Å². The first kappa shape index (κ1) is 34.7. The lowest BCUT2D eigenvalue weighted by Crippen LogP contribution is -2.46. The van der Waals surface area contributed by atoms with E-state index in [2.05, 4.69) is 122 Å². The van der Waals surface area contributed by atoms with Gasteiger partial charge < -0.3 is 0 Å². The topological polar surface area (TPSA) is 6.02 Å². The minimum atomic E-state index is -0.618. The van der Waals surface area contributed by atoms with E-state index in [0.717, 1.165) is 0 Å². The number of hydrogen-bond donors (Lipinski definition) is 0. The number of rotatable bonds is 7. The minimum Gasteiger partial charge on any atom is -0.232 e. The smallest absolute Gasteiger partial charge is 0.209 e. The molecule has 0 aromatic heterocycles. The molecule has 2 aliphatic carbocycles. The molecule has 2 fully saturated rings. The Hall–Kier alpha value is -2.16. The second kappa shape index (κ2) is 12.6. The SMILES string of the molecule is Cc1cccc(C(C)C)c1[N+]1=C([BH2-]C2=[N+](c3c(C(C)C)cccc3C(C)C)C(C)(C)CC23CCCCC3)C2(CCCCC2)CC1(C)C. The predicted octanol–water partition coefficient (Wildman–Crippen LogP) is 11.6. The molecule has 0 atom stereocenters. The quantitative estimate of drug-likeness (QED) is 0.211. The fourth-order valence-electron chi connectivity index (χ4n) is 12.1. The summed E-state index contributed by atoms with van der Waals surface area (Å²) in [6.07, 6.45) is 16.6. The van der Waals surface area contributed by atoms with Crippen LogP contribution in [0.1, 0.15) is 186 Å². The Kier molecular flexibility index (Phi) is 9.32. The molecule has 0 saturated heterocycles. The van der Waals surface area contributed by atoms with Crippen LogP contribution in [0.4, 0.5) is 11.4 Å². The first-order chi connectivity index (χ1) is 22.1. The molecule has 2 saturated carbocycles. The largest absolute Gasteiger partial charge is 0.232 e. The highest BCUT2D eigenvalue weighted by molar-refractivity contribution is 6.99. The van der Waals surface area contributed by atoms with Gasteiger partial charge >= 0.3 is 0 Å². The molecule has 0 amide bonds. The summed E-state index contributed by atoms with van der Waals surface area (Å²) < 4.78 is 6.07. The molecule has 256 valence electrons. The Balaban J connectivity index is 1.72. The number of hydrogen-bond acceptors (Lipinski definition) is 0. The molecule has 4 aliphatic rings. The molecule has 2 heterocycles. The zero-order valence-electron chi connectivity index (χ0n) is 32.6. The second-order valence-electron chi connectivity index (χ2n) is 19.0. The van der Waals surface area contributed by atoms with E-state index in [4.69, 9.17) is 0 Å². The minimum absolute atomic E-state index is 0.107. The van der Waals surface area contributed by atoms with Gasteiger partial charge in [-0.05, 0) is 61.6 Å². The van der Waals surface area contributed by atoms with Gasteiger partial charge in [0.05, 0.1) is 0 Å². The summed E-state index contributed by atoms with van der Waals surface area (Å²) in [7, 11) is -0.618. The Morgan fingerprint density at radius 3 is 1.30 bits per heavy atom. The van der Waals surface area contributed by atoms with Gasteiger partial charge in [-0.2, -0.15) is 0 Å². The third-order valence-corrected chi connectivity index (χ3v) is 13.7. The zero-order chi connectivity index (χ0) is 33.9. The van der Waals surface area contributed by atoms with Gasteiger partial charge in [0.1, 0.15) is 0 Å². The van der Waals surface area contributed by atoms with E-state index in [-0.39, 0.29) is 11.1 Å². The summed E-state index contributed by atoms with van der Waals surface area (Å²) in [5, 5.41) is 0. The van der Waals surface area contributed by atoms with Gasteiger partial charge in [-0.15, -0.1) is 0 Å². The van der Waals surface area contributed by atoms with Crippen LogP contribution < -0.4 is 0 Å². The Labute approximate surface area is 289 Å². The van der Waals surface area contributed by atoms with Crippen molar-refractivity contribution in [1.82, 2.24) is 0 Å². The zero-order valence-corrected chi connectivity index (χ0v) is 32.6. The van der Waals surface area contributed by atoms with E-state index in [1.165, 1.54) is 82.6 Å². The van der Waals surface area contributed by atoms with Crippen LogP contribution in [0.3, 0.4) is 0 Å². The van der Waals surface area contributed by atoms with Crippen LogP contribution in [-0.4, -0.2) is 38.7 Å². The van der Waals surface area contributed by atoms with Crippen molar-refractivity contribution in [2.75, 3.05) is 0 Å². The van der Waals surface area contributed by atoms with Gasteiger partial charge in [-0.25, -0.2) is 9.15 Å². The van der Waals surface area contributed by atoms with Crippen molar-refractivity contribution in [1.29, 1.82) is 0 Å². The van der Waals surface area contributed by atoms with Gasteiger partial charge in [0.15, 0.2) is 18.4 Å². The first-order valence-corrected chi connectivity index (χ1v) is 20.0. The molecule has 2 aromatic carbocycles. The van der Waals surface area contributed by atoms with Gasteiger partial charge in [-0.3, -0.25) is 0 Å². The number of aryl methyl sites for hydroxylation is 1. The fraction of sp³-hybridized carbons (Fsp3) is 0.682.